The van der Waals surface area contributed by atoms with E-state index in [0.29, 0.717) is 6.42 Å². The van der Waals surface area contributed by atoms with Crippen molar-refractivity contribution in [1.82, 2.24) is 0 Å². The van der Waals surface area contributed by atoms with Crippen molar-refractivity contribution in [3.05, 3.63) is 35.9 Å². The largest absolute Gasteiger partial charge is 0.469 e. The molecule has 0 heterocycles. The number of benzene rings is 1. The van der Waals surface area contributed by atoms with Gasteiger partial charge in [-0.1, -0.05) is 43.5 Å². The zero-order valence-electron chi connectivity index (χ0n) is 10.4. The maximum Gasteiger partial charge on any atom is 0.306 e. The zero-order chi connectivity index (χ0) is 12.1. The number of esters is 1. The third-order valence-electron chi connectivity index (χ3n) is 3.85. The molecule has 1 radical (unpaired) electrons. The van der Waals surface area contributed by atoms with Gasteiger partial charge in [-0.05, 0) is 24.5 Å². The Morgan fingerprint density at radius 1 is 1.29 bits per heavy atom. The van der Waals surface area contributed by atoms with Gasteiger partial charge in [-0.15, -0.1) is 0 Å². The van der Waals surface area contributed by atoms with Gasteiger partial charge in [-0.25, -0.2) is 0 Å². The summed E-state index contributed by atoms with van der Waals surface area (Å²) in [6, 6.07) is 11.1. The topological polar surface area (TPSA) is 26.3 Å². The van der Waals surface area contributed by atoms with Crippen LogP contribution in [0.3, 0.4) is 0 Å². The molecule has 1 saturated carbocycles. The van der Waals surface area contributed by atoms with E-state index in [0.717, 1.165) is 12.8 Å². The standard InChI is InChI=1S/C15H19O2/c1-17-14(16)12-15(10-6-3-7-11-15)13-8-4-2-5-9-13/h4-5,8-9H,3,6-7,10-12H2,1H3. The lowest BCUT2D eigenvalue weighted by Crippen LogP contribution is -2.32. The number of methoxy groups -OCH3 is 1. The quantitative estimate of drug-likeness (QED) is 0.746. The fourth-order valence-electron chi connectivity index (χ4n) is 2.88. The molecule has 1 aromatic rings. The van der Waals surface area contributed by atoms with Gasteiger partial charge in [0, 0.05) is 5.41 Å². The fourth-order valence-corrected chi connectivity index (χ4v) is 2.88. The molecule has 0 bridgehead atoms. The average Bonchev–Trinajstić information content (AvgIpc) is 2.40. The average molecular weight is 231 g/mol. The molecule has 17 heavy (non-hydrogen) atoms. The highest BCUT2D eigenvalue weighted by Gasteiger charge is 2.36. The van der Waals surface area contributed by atoms with Gasteiger partial charge in [0.15, 0.2) is 0 Å². The third-order valence-corrected chi connectivity index (χ3v) is 3.85. The Balaban J connectivity index is 2.26. The Morgan fingerprint density at radius 2 is 1.94 bits per heavy atom. The van der Waals surface area contributed by atoms with Crippen molar-refractivity contribution in [3.8, 4) is 0 Å². The van der Waals surface area contributed by atoms with Crippen LogP contribution in [0.5, 0.6) is 0 Å². The fraction of sp³-hybridized carbons (Fsp3) is 0.533. The molecule has 0 atom stereocenters. The minimum Gasteiger partial charge on any atom is -0.469 e. The van der Waals surface area contributed by atoms with Crippen LogP contribution in [0.15, 0.2) is 24.3 Å². The van der Waals surface area contributed by atoms with Crippen molar-refractivity contribution >= 4 is 5.97 Å². The van der Waals surface area contributed by atoms with E-state index < -0.39 is 0 Å². The van der Waals surface area contributed by atoms with Gasteiger partial charge in [0.2, 0.25) is 0 Å². The van der Waals surface area contributed by atoms with Crippen molar-refractivity contribution in [1.29, 1.82) is 0 Å². The van der Waals surface area contributed by atoms with Crippen molar-refractivity contribution in [2.75, 3.05) is 7.11 Å². The Hall–Kier alpha value is -1.31. The summed E-state index contributed by atoms with van der Waals surface area (Å²) in [5.41, 5.74) is 1.27. The first-order chi connectivity index (χ1) is 8.27. The van der Waals surface area contributed by atoms with Crippen molar-refractivity contribution < 1.29 is 9.53 Å². The highest BCUT2D eigenvalue weighted by Crippen LogP contribution is 2.42. The van der Waals surface area contributed by atoms with Gasteiger partial charge in [0.1, 0.15) is 0 Å². The maximum absolute atomic E-state index is 11.6. The van der Waals surface area contributed by atoms with E-state index in [-0.39, 0.29) is 11.4 Å². The monoisotopic (exact) mass is 231 g/mol. The van der Waals surface area contributed by atoms with Gasteiger partial charge in [-0.2, -0.15) is 0 Å². The Kier molecular flexibility index (Phi) is 3.82. The molecule has 0 spiro atoms. The smallest absolute Gasteiger partial charge is 0.306 e. The number of hydrogen-bond acceptors (Lipinski definition) is 2. The van der Waals surface area contributed by atoms with Crippen LogP contribution in [0.2, 0.25) is 0 Å². The molecule has 0 saturated heterocycles. The van der Waals surface area contributed by atoms with E-state index in [1.54, 1.807) is 0 Å². The molecule has 91 valence electrons. The SMILES string of the molecule is COC(=O)CC1(c2cc[c]cc2)CCCCC1. The second-order valence-corrected chi connectivity index (χ2v) is 4.88. The molecular formula is C15H19O2. The Bertz CT molecular complexity index is 364. The van der Waals surface area contributed by atoms with Crippen LogP contribution in [0.25, 0.3) is 0 Å². The summed E-state index contributed by atoms with van der Waals surface area (Å²) in [6.07, 6.45) is 6.37. The molecule has 0 aromatic heterocycles. The van der Waals surface area contributed by atoms with E-state index in [4.69, 9.17) is 4.74 Å². The van der Waals surface area contributed by atoms with E-state index in [9.17, 15) is 4.79 Å². The van der Waals surface area contributed by atoms with Gasteiger partial charge in [0.25, 0.3) is 0 Å². The number of carbonyl (C=O) groups excluding carboxylic acids is 1. The lowest BCUT2D eigenvalue weighted by atomic mass is 9.67. The summed E-state index contributed by atoms with van der Waals surface area (Å²) in [5.74, 6) is -0.0975. The summed E-state index contributed by atoms with van der Waals surface area (Å²) < 4.78 is 4.85. The first-order valence-corrected chi connectivity index (χ1v) is 6.30. The van der Waals surface area contributed by atoms with Crippen molar-refractivity contribution in [2.45, 2.75) is 43.9 Å². The highest BCUT2D eigenvalue weighted by atomic mass is 16.5. The second kappa shape index (κ2) is 5.35. The zero-order valence-corrected chi connectivity index (χ0v) is 10.4. The lowest BCUT2D eigenvalue weighted by molar-refractivity contribution is -0.142. The molecule has 2 heteroatoms. The Morgan fingerprint density at radius 3 is 2.53 bits per heavy atom. The minimum absolute atomic E-state index is 0.000440. The van der Waals surface area contributed by atoms with E-state index in [1.807, 2.05) is 12.1 Å². The predicted molar refractivity (Wildman–Crippen MR) is 66.7 cm³/mol. The van der Waals surface area contributed by atoms with Crippen LogP contribution in [-0.4, -0.2) is 13.1 Å². The number of hydrogen-bond donors (Lipinski definition) is 0. The summed E-state index contributed by atoms with van der Waals surface area (Å²) in [4.78, 5) is 11.6. The number of ether oxygens (including phenoxy) is 1. The molecule has 2 rings (SSSR count). The molecule has 0 unspecified atom stereocenters. The van der Waals surface area contributed by atoms with Crippen LogP contribution in [0.4, 0.5) is 0 Å². The number of carbonyl (C=O) groups is 1. The normalized spacial score (nSPS) is 18.6. The molecule has 0 N–H and O–H groups in total. The van der Waals surface area contributed by atoms with E-state index in [1.165, 1.54) is 31.9 Å². The molecule has 0 aliphatic heterocycles. The summed E-state index contributed by atoms with van der Waals surface area (Å²) >= 11 is 0. The maximum atomic E-state index is 11.6. The molecule has 1 aromatic carbocycles. The van der Waals surface area contributed by atoms with E-state index >= 15 is 0 Å². The molecule has 1 fully saturated rings. The summed E-state index contributed by atoms with van der Waals surface area (Å²) in [5, 5.41) is 0. The van der Waals surface area contributed by atoms with Gasteiger partial charge in [0.05, 0.1) is 13.5 Å². The number of rotatable bonds is 3. The van der Waals surface area contributed by atoms with E-state index in [2.05, 4.69) is 18.2 Å². The molecule has 0 amide bonds. The van der Waals surface area contributed by atoms with Crippen LogP contribution in [0.1, 0.15) is 44.1 Å². The highest BCUT2D eigenvalue weighted by molar-refractivity contribution is 5.71. The Labute approximate surface area is 103 Å². The minimum atomic E-state index is -0.0975. The summed E-state index contributed by atoms with van der Waals surface area (Å²) in [6.45, 7) is 0. The lowest BCUT2D eigenvalue weighted by Gasteiger charge is -2.37. The summed E-state index contributed by atoms with van der Waals surface area (Å²) in [7, 11) is 1.47. The van der Waals surface area contributed by atoms with Crippen LogP contribution < -0.4 is 0 Å². The van der Waals surface area contributed by atoms with Gasteiger partial charge in [-0.3, -0.25) is 4.79 Å². The molecule has 2 nitrogen and oxygen atoms in total. The first-order valence-electron chi connectivity index (χ1n) is 6.30. The first kappa shape index (κ1) is 12.2. The molecular weight excluding hydrogens is 212 g/mol. The van der Waals surface area contributed by atoms with Crippen LogP contribution in [0, 0.1) is 6.07 Å². The molecule has 1 aliphatic rings. The molecule has 1 aliphatic carbocycles. The van der Waals surface area contributed by atoms with Gasteiger partial charge >= 0.3 is 5.97 Å². The second-order valence-electron chi connectivity index (χ2n) is 4.88. The van der Waals surface area contributed by atoms with Gasteiger partial charge < -0.3 is 4.74 Å². The van der Waals surface area contributed by atoms with Crippen LogP contribution >= 0.6 is 0 Å². The van der Waals surface area contributed by atoms with Crippen LogP contribution in [-0.2, 0) is 14.9 Å². The third kappa shape index (κ3) is 2.68. The van der Waals surface area contributed by atoms with Crippen molar-refractivity contribution in [2.24, 2.45) is 0 Å². The van der Waals surface area contributed by atoms with Crippen molar-refractivity contribution in [3.63, 3.8) is 0 Å². The predicted octanol–water partition coefficient (Wildman–Crippen LogP) is 3.25.